The van der Waals surface area contributed by atoms with Crippen molar-refractivity contribution in [2.45, 2.75) is 6.92 Å². The van der Waals surface area contributed by atoms with Crippen molar-refractivity contribution >= 4 is 23.5 Å². The van der Waals surface area contributed by atoms with Gasteiger partial charge in [0.15, 0.2) is 6.61 Å². The number of aryl methyl sites for hydroxylation is 1. The van der Waals surface area contributed by atoms with Crippen LogP contribution in [0.15, 0.2) is 72.8 Å². The number of benzene rings is 3. The summed E-state index contributed by atoms with van der Waals surface area (Å²) in [5, 5.41) is 0. The van der Waals surface area contributed by atoms with Crippen molar-refractivity contribution in [3.63, 3.8) is 0 Å². The van der Waals surface area contributed by atoms with Crippen LogP contribution in [0.2, 0.25) is 0 Å². The quantitative estimate of drug-likeness (QED) is 0.378. The Morgan fingerprint density at radius 2 is 1.48 bits per heavy atom. The van der Waals surface area contributed by atoms with Gasteiger partial charge in [-0.25, -0.2) is 9.69 Å². The number of fused-ring (bicyclic) bond motifs is 1. The second-order valence-corrected chi connectivity index (χ2v) is 6.56. The first-order valence-corrected chi connectivity index (χ1v) is 9.01. The molecule has 0 radical (unpaired) electrons. The molecule has 0 aromatic heterocycles. The molecule has 144 valence electrons. The van der Waals surface area contributed by atoms with Crippen LogP contribution in [-0.4, -0.2) is 24.4 Å². The van der Waals surface area contributed by atoms with E-state index in [4.69, 9.17) is 9.47 Å². The number of carbonyl (C=O) groups is 3. The fourth-order valence-electron chi connectivity index (χ4n) is 3.10. The summed E-state index contributed by atoms with van der Waals surface area (Å²) in [5.41, 5.74) is 2.19. The molecule has 0 saturated heterocycles. The van der Waals surface area contributed by atoms with E-state index in [1.807, 2.05) is 25.1 Å². The predicted octanol–water partition coefficient (Wildman–Crippen LogP) is 3.78. The van der Waals surface area contributed by atoms with Crippen molar-refractivity contribution in [2.75, 3.05) is 11.5 Å². The Balaban J connectivity index is 1.40. The van der Waals surface area contributed by atoms with E-state index in [1.54, 1.807) is 42.5 Å². The van der Waals surface area contributed by atoms with Crippen LogP contribution in [0, 0.1) is 6.92 Å². The van der Waals surface area contributed by atoms with Gasteiger partial charge in [0.05, 0.1) is 16.8 Å². The lowest BCUT2D eigenvalue weighted by atomic mass is 10.1. The van der Waals surface area contributed by atoms with Crippen LogP contribution in [0.4, 0.5) is 5.69 Å². The van der Waals surface area contributed by atoms with Crippen LogP contribution in [0.3, 0.4) is 0 Å². The second-order valence-electron chi connectivity index (χ2n) is 6.56. The number of imide groups is 1. The standard InChI is InChI=1S/C23H17NO5/c1-15-5-4-6-18(13-15)28-14-21(25)29-17-11-9-16(10-12-17)24-22(26)19-7-2-3-8-20(19)23(24)27/h2-13H,14H2,1H3. The summed E-state index contributed by atoms with van der Waals surface area (Å²) in [6.07, 6.45) is 0. The molecule has 3 aromatic rings. The Morgan fingerprint density at radius 1 is 0.828 bits per heavy atom. The molecule has 1 heterocycles. The molecule has 0 bridgehead atoms. The number of carbonyl (C=O) groups excluding carboxylic acids is 3. The highest BCUT2D eigenvalue weighted by molar-refractivity contribution is 6.34. The van der Waals surface area contributed by atoms with E-state index in [2.05, 4.69) is 0 Å². The molecule has 0 saturated carbocycles. The summed E-state index contributed by atoms with van der Waals surface area (Å²) in [5.74, 6) is -0.421. The molecule has 4 rings (SSSR count). The van der Waals surface area contributed by atoms with Crippen molar-refractivity contribution in [1.82, 2.24) is 0 Å². The molecule has 0 atom stereocenters. The van der Waals surface area contributed by atoms with Crippen molar-refractivity contribution in [3.05, 3.63) is 89.5 Å². The van der Waals surface area contributed by atoms with Gasteiger partial charge in [0.2, 0.25) is 0 Å². The van der Waals surface area contributed by atoms with Crippen LogP contribution in [0.1, 0.15) is 26.3 Å². The predicted molar refractivity (Wildman–Crippen MR) is 106 cm³/mol. The molecule has 6 heteroatoms. The van der Waals surface area contributed by atoms with Crippen molar-refractivity contribution < 1.29 is 23.9 Å². The number of hydrogen-bond donors (Lipinski definition) is 0. The summed E-state index contributed by atoms with van der Waals surface area (Å²) >= 11 is 0. The third-order valence-electron chi connectivity index (χ3n) is 4.47. The zero-order valence-corrected chi connectivity index (χ0v) is 15.6. The monoisotopic (exact) mass is 387 g/mol. The number of esters is 1. The number of anilines is 1. The SMILES string of the molecule is Cc1cccc(OCC(=O)Oc2ccc(N3C(=O)c4ccccc4C3=O)cc2)c1. The molecule has 3 aromatic carbocycles. The Hall–Kier alpha value is -3.93. The fraction of sp³-hybridized carbons (Fsp3) is 0.0870. The highest BCUT2D eigenvalue weighted by Crippen LogP contribution is 2.29. The van der Waals surface area contributed by atoms with Gasteiger partial charge in [-0.15, -0.1) is 0 Å². The van der Waals surface area contributed by atoms with Crippen molar-refractivity contribution in [3.8, 4) is 11.5 Å². The second kappa shape index (κ2) is 7.59. The van der Waals surface area contributed by atoms with Gasteiger partial charge in [0, 0.05) is 0 Å². The minimum Gasteiger partial charge on any atom is -0.482 e. The van der Waals surface area contributed by atoms with Gasteiger partial charge in [-0.1, -0.05) is 24.3 Å². The van der Waals surface area contributed by atoms with Gasteiger partial charge in [-0.05, 0) is 61.0 Å². The van der Waals surface area contributed by atoms with Gasteiger partial charge >= 0.3 is 5.97 Å². The molecule has 29 heavy (non-hydrogen) atoms. The summed E-state index contributed by atoms with van der Waals surface area (Å²) in [7, 11) is 0. The van der Waals surface area contributed by atoms with Gasteiger partial charge in [0.1, 0.15) is 11.5 Å². The molecule has 1 aliphatic heterocycles. The van der Waals surface area contributed by atoms with E-state index in [0.29, 0.717) is 28.3 Å². The van der Waals surface area contributed by atoms with Gasteiger partial charge in [-0.2, -0.15) is 0 Å². The summed E-state index contributed by atoms with van der Waals surface area (Å²) in [4.78, 5) is 38.1. The minimum absolute atomic E-state index is 0.233. The van der Waals surface area contributed by atoms with Gasteiger partial charge in [0.25, 0.3) is 11.8 Å². The lowest BCUT2D eigenvalue weighted by Gasteiger charge is -2.14. The maximum absolute atomic E-state index is 12.5. The van der Waals surface area contributed by atoms with Crippen LogP contribution in [-0.2, 0) is 4.79 Å². The third kappa shape index (κ3) is 3.73. The molecule has 0 aliphatic carbocycles. The van der Waals surface area contributed by atoms with Crippen LogP contribution < -0.4 is 14.4 Å². The molecular formula is C23H17NO5. The molecule has 0 spiro atoms. The van der Waals surface area contributed by atoms with E-state index in [9.17, 15) is 14.4 Å². The molecule has 0 N–H and O–H groups in total. The van der Waals surface area contributed by atoms with Crippen LogP contribution in [0.25, 0.3) is 0 Å². The summed E-state index contributed by atoms with van der Waals surface area (Å²) in [6, 6.07) is 20.2. The minimum atomic E-state index is -0.556. The first-order chi connectivity index (χ1) is 14.0. The number of amides is 2. The topological polar surface area (TPSA) is 72.9 Å². The first-order valence-electron chi connectivity index (χ1n) is 9.01. The molecule has 0 fully saturated rings. The third-order valence-corrected chi connectivity index (χ3v) is 4.47. The van der Waals surface area contributed by atoms with Crippen molar-refractivity contribution in [1.29, 1.82) is 0 Å². The van der Waals surface area contributed by atoms with Gasteiger partial charge in [-0.3, -0.25) is 9.59 Å². The number of ether oxygens (including phenoxy) is 2. The average molecular weight is 387 g/mol. The maximum atomic E-state index is 12.5. The summed E-state index contributed by atoms with van der Waals surface area (Å²) in [6.45, 7) is 1.70. The highest BCUT2D eigenvalue weighted by atomic mass is 16.6. The lowest BCUT2D eigenvalue weighted by molar-refractivity contribution is -0.136. The van der Waals surface area contributed by atoms with Gasteiger partial charge < -0.3 is 9.47 Å². The number of rotatable bonds is 5. The zero-order chi connectivity index (χ0) is 20.4. The Morgan fingerprint density at radius 3 is 2.10 bits per heavy atom. The smallest absolute Gasteiger partial charge is 0.349 e. The van der Waals surface area contributed by atoms with E-state index in [0.717, 1.165) is 10.5 Å². The van der Waals surface area contributed by atoms with E-state index in [-0.39, 0.29) is 18.4 Å². The van der Waals surface area contributed by atoms with E-state index >= 15 is 0 Å². The maximum Gasteiger partial charge on any atom is 0.349 e. The zero-order valence-electron chi connectivity index (χ0n) is 15.6. The molecular weight excluding hydrogens is 370 g/mol. The molecule has 2 amide bonds. The largest absolute Gasteiger partial charge is 0.482 e. The van der Waals surface area contributed by atoms with Crippen molar-refractivity contribution in [2.24, 2.45) is 0 Å². The Labute approximate surface area is 167 Å². The first kappa shape index (κ1) is 18.4. The summed E-state index contributed by atoms with van der Waals surface area (Å²) < 4.78 is 10.7. The normalized spacial score (nSPS) is 12.7. The fourth-order valence-corrected chi connectivity index (χ4v) is 3.10. The van der Waals surface area contributed by atoms with E-state index < -0.39 is 5.97 Å². The lowest BCUT2D eigenvalue weighted by Crippen LogP contribution is -2.29. The Bertz CT molecular complexity index is 1070. The van der Waals surface area contributed by atoms with Crippen LogP contribution in [0.5, 0.6) is 11.5 Å². The molecule has 1 aliphatic rings. The Kier molecular flexibility index (Phi) is 4.83. The average Bonchev–Trinajstić information content (AvgIpc) is 2.98. The van der Waals surface area contributed by atoms with Crippen LogP contribution >= 0.6 is 0 Å². The highest BCUT2D eigenvalue weighted by Gasteiger charge is 2.36. The molecule has 0 unspecified atom stereocenters. The number of hydrogen-bond acceptors (Lipinski definition) is 5. The number of nitrogens with zero attached hydrogens (tertiary/aromatic N) is 1. The molecule has 6 nitrogen and oxygen atoms in total. The van der Waals surface area contributed by atoms with E-state index in [1.165, 1.54) is 12.1 Å².